The van der Waals surface area contributed by atoms with E-state index in [1.165, 1.54) is 12.1 Å². The lowest BCUT2D eigenvalue weighted by Crippen LogP contribution is -2.48. The van der Waals surface area contributed by atoms with Gasteiger partial charge in [0, 0.05) is 0 Å². The summed E-state index contributed by atoms with van der Waals surface area (Å²) in [7, 11) is 0. The molecule has 0 aliphatic heterocycles. The molecule has 0 aliphatic carbocycles. The number of hydrogen-bond acceptors (Lipinski definition) is 4. The monoisotopic (exact) mass is 293 g/mol. The maximum Gasteiger partial charge on any atom is 0.287 e. The largest absolute Gasteiger partial charge is 0.455 e. The number of carbonyl (C=O) groups is 1. The number of alkyl halides is 2. The van der Waals surface area contributed by atoms with E-state index in [4.69, 9.17) is 4.42 Å². The van der Waals surface area contributed by atoms with Gasteiger partial charge in [0.15, 0.2) is 5.76 Å². The Balaban J connectivity index is 2.63. The first-order valence-corrected chi connectivity index (χ1v) is 6.87. The molecule has 0 radical (unpaired) electrons. The van der Waals surface area contributed by atoms with Crippen LogP contribution in [0.2, 0.25) is 0 Å². The van der Waals surface area contributed by atoms with Crippen LogP contribution < -0.4 is 5.32 Å². The van der Waals surface area contributed by atoms with Gasteiger partial charge in [-0.1, -0.05) is 18.7 Å². The second kappa shape index (κ2) is 6.91. The van der Waals surface area contributed by atoms with Crippen molar-refractivity contribution in [2.45, 2.75) is 37.3 Å². The Hall–Kier alpha value is -1.08. The van der Waals surface area contributed by atoms with E-state index in [1.807, 2.05) is 6.92 Å². The number of nitrogens with one attached hydrogen (secondary N) is 1. The van der Waals surface area contributed by atoms with Crippen molar-refractivity contribution in [2.24, 2.45) is 0 Å². The van der Waals surface area contributed by atoms with Gasteiger partial charge >= 0.3 is 0 Å². The lowest BCUT2D eigenvalue weighted by Gasteiger charge is -2.26. The number of amides is 1. The van der Waals surface area contributed by atoms with Crippen molar-refractivity contribution < 1.29 is 23.1 Å². The van der Waals surface area contributed by atoms with Gasteiger partial charge in [0.2, 0.25) is 0 Å². The lowest BCUT2D eigenvalue weighted by atomic mass is 10.0. The van der Waals surface area contributed by atoms with Crippen LogP contribution in [0.3, 0.4) is 0 Å². The minimum Gasteiger partial charge on any atom is -0.455 e. The van der Waals surface area contributed by atoms with Gasteiger partial charge in [-0.15, -0.1) is 0 Å². The molecule has 0 fully saturated rings. The van der Waals surface area contributed by atoms with E-state index in [1.54, 1.807) is 6.92 Å². The molecule has 1 aromatic heterocycles. The summed E-state index contributed by atoms with van der Waals surface area (Å²) in [6, 6.07) is 2.93. The van der Waals surface area contributed by atoms with Crippen LogP contribution in [0, 0.1) is 0 Å². The van der Waals surface area contributed by atoms with Crippen molar-refractivity contribution in [1.82, 2.24) is 5.32 Å². The molecule has 0 bridgehead atoms. The molecule has 1 heterocycles. The highest BCUT2D eigenvalue weighted by Gasteiger charge is 2.25. The second-order valence-corrected chi connectivity index (χ2v) is 5.34. The molecular formula is C12H17F2NO3S. The first kappa shape index (κ1) is 16.0. The van der Waals surface area contributed by atoms with Crippen LogP contribution in [-0.4, -0.2) is 28.9 Å². The lowest BCUT2D eigenvalue weighted by molar-refractivity contribution is 0.0818. The van der Waals surface area contributed by atoms with Crippen LogP contribution in [0.4, 0.5) is 8.78 Å². The SMILES string of the molecule is CCC(C)(CO)NC(=O)c1ccc(CSC(F)F)o1. The van der Waals surface area contributed by atoms with E-state index in [0.717, 1.165) is 0 Å². The molecule has 1 amide bonds. The van der Waals surface area contributed by atoms with Crippen LogP contribution >= 0.6 is 11.8 Å². The zero-order valence-electron chi connectivity index (χ0n) is 10.8. The molecule has 1 rings (SSSR count). The fraction of sp³-hybridized carbons (Fsp3) is 0.583. The molecule has 1 aromatic rings. The van der Waals surface area contributed by atoms with Crippen molar-refractivity contribution in [3.05, 3.63) is 23.7 Å². The van der Waals surface area contributed by atoms with E-state index < -0.39 is 17.2 Å². The van der Waals surface area contributed by atoms with Gasteiger partial charge in [0.05, 0.1) is 17.9 Å². The van der Waals surface area contributed by atoms with Gasteiger partial charge in [0.1, 0.15) is 5.76 Å². The van der Waals surface area contributed by atoms with Crippen molar-refractivity contribution in [3.63, 3.8) is 0 Å². The Kier molecular flexibility index (Phi) is 5.81. The van der Waals surface area contributed by atoms with Gasteiger partial charge in [-0.05, 0) is 25.5 Å². The average Bonchev–Trinajstić information content (AvgIpc) is 2.85. The standard InChI is InChI=1S/C12H17F2NO3S/c1-3-12(2,7-16)15-10(17)9-5-4-8(18-9)6-19-11(13)14/h4-5,11,16H,3,6-7H2,1-2H3,(H,15,17). The number of carbonyl (C=O) groups excluding carboxylic acids is 1. The van der Waals surface area contributed by atoms with Gasteiger partial charge in [-0.2, -0.15) is 8.78 Å². The number of thioether (sulfide) groups is 1. The first-order valence-electron chi connectivity index (χ1n) is 5.82. The molecule has 0 saturated heterocycles. The summed E-state index contributed by atoms with van der Waals surface area (Å²) in [5, 5.41) is 11.8. The number of furan rings is 1. The summed E-state index contributed by atoms with van der Waals surface area (Å²) in [4.78, 5) is 11.9. The Labute approximate surface area is 114 Å². The fourth-order valence-electron chi connectivity index (χ4n) is 1.30. The summed E-state index contributed by atoms with van der Waals surface area (Å²) in [6.45, 7) is 3.36. The molecule has 1 atom stereocenters. The molecular weight excluding hydrogens is 276 g/mol. The number of hydrogen-bond donors (Lipinski definition) is 2. The number of aliphatic hydroxyl groups is 1. The third kappa shape index (κ3) is 4.83. The van der Waals surface area contributed by atoms with E-state index in [0.29, 0.717) is 23.9 Å². The Morgan fingerprint density at radius 2 is 2.26 bits per heavy atom. The average molecular weight is 293 g/mol. The van der Waals surface area contributed by atoms with Gasteiger partial charge in [-0.25, -0.2) is 0 Å². The second-order valence-electron chi connectivity index (χ2n) is 4.36. The minimum absolute atomic E-state index is 0.00991. The zero-order chi connectivity index (χ0) is 14.5. The van der Waals surface area contributed by atoms with Gasteiger partial charge < -0.3 is 14.8 Å². The number of halogens is 2. The molecule has 0 aromatic carbocycles. The first-order chi connectivity index (χ1) is 8.90. The highest BCUT2D eigenvalue weighted by Crippen LogP contribution is 2.21. The zero-order valence-corrected chi connectivity index (χ0v) is 11.6. The van der Waals surface area contributed by atoms with Crippen LogP contribution in [0.25, 0.3) is 0 Å². The molecule has 0 spiro atoms. The predicted molar refractivity (Wildman–Crippen MR) is 69.3 cm³/mol. The quantitative estimate of drug-likeness (QED) is 0.811. The molecule has 1 unspecified atom stereocenters. The smallest absolute Gasteiger partial charge is 0.287 e. The molecule has 7 heteroatoms. The van der Waals surface area contributed by atoms with Gasteiger partial charge in [0.25, 0.3) is 11.7 Å². The van der Waals surface area contributed by atoms with Crippen LogP contribution in [0.15, 0.2) is 16.5 Å². The van der Waals surface area contributed by atoms with Crippen LogP contribution in [-0.2, 0) is 5.75 Å². The molecule has 108 valence electrons. The Morgan fingerprint density at radius 3 is 2.79 bits per heavy atom. The molecule has 0 saturated carbocycles. The van der Waals surface area contributed by atoms with Crippen molar-refractivity contribution in [3.8, 4) is 0 Å². The summed E-state index contributed by atoms with van der Waals surface area (Å²) < 4.78 is 29.2. The minimum atomic E-state index is -2.47. The van der Waals surface area contributed by atoms with Crippen LogP contribution in [0.1, 0.15) is 36.6 Å². The molecule has 2 N–H and O–H groups in total. The maximum absolute atomic E-state index is 12.0. The fourth-order valence-corrected chi connectivity index (χ4v) is 1.74. The third-order valence-corrected chi connectivity index (χ3v) is 3.48. The molecule has 19 heavy (non-hydrogen) atoms. The van der Waals surface area contributed by atoms with E-state index in [9.17, 15) is 18.7 Å². The van der Waals surface area contributed by atoms with Crippen molar-refractivity contribution in [1.29, 1.82) is 0 Å². The van der Waals surface area contributed by atoms with Crippen LogP contribution in [0.5, 0.6) is 0 Å². The summed E-state index contributed by atoms with van der Waals surface area (Å²) in [5.74, 6) is -2.56. The van der Waals surface area contributed by atoms with E-state index in [2.05, 4.69) is 5.32 Å². The van der Waals surface area contributed by atoms with E-state index >= 15 is 0 Å². The number of aliphatic hydroxyl groups excluding tert-OH is 1. The molecule has 4 nitrogen and oxygen atoms in total. The van der Waals surface area contributed by atoms with Crippen molar-refractivity contribution >= 4 is 17.7 Å². The third-order valence-electron chi connectivity index (χ3n) is 2.78. The van der Waals surface area contributed by atoms with E-state index in [-0.39, 0.29) is 18.1 Å². The number of rotatable bonds is 7. The van der Waals surface area contributed by atoms with Crippen molar-refractivity contribution in [2.75, 3.05) is 6.61 Å². The highest BCUT2D eigenvalue weighted by molar-refractivity contribution is 7.98. The maximum atomic E-state index is 12.0. The summed E-state index contributed by atoms with van der Waals surface area (Å²) >= 11 is 0.433. The van der Waals surface area contributed by atoms with Gasteiger partial charge in [-0.3, -0.25) is 4.79 Å². The Morgan fingerprint density at radius 1 is 1.58 bits per heavy atom. The topological polar surface area (TPSA) is 62.5 Å². The predicted octanol–water partition coefficient (Wildman–Crippen LogP) is 2.63. The Bertz CT molecular complexity index is 419. The highest BCUT2D eigenvalue weighted by atomic mass is 32.2. The normalized spacial score (nSPS) is 14.4. The summed E-state index contributed by atoms with van der Waals surface area (Å²) in [6.07, 6.45) is 0.560. The molecule has 0 aliphatic rings. The summed E-state index contributed by atoms with van der Waals surface area (Å²) in [5.41, 5.74) is -0.720.